The molecule has 104 valence electrons. The van der Waals surface area contributed by atoms with E-state index in [1.807, 2.05) is 32.0 Å². The van der Waals surface area contributed by atoms with Crippen LogP contribution in [0.15, 0.2) is 36.5 Å². The summed E-state index contributed by atoms with van der Waals surface area (Å²) < 4.78 is 0. The smallest absolute Gasteiger partial charge is 0.253 e. The Kier molecular flexibility index (Phi) is 4.32. The molecule has 2 aromatic rings. The van der Waals surface area contributed by atoms with Gasteiger partial charge in [-0.15, -0.1) is 0 Å². The molecule has 5 heteroatoms. The molecule has 2 rings (SSSR count). The Morgan fingerprint density at radius 3 is 2.80 bits per heavy atom. The van der Waals surface area contributed by atoms with Gasteiger partial charge >= 0.3 is 0 Å². The Balaban J connectivity index is 2.13. The number of carbonyl (C=O) groups is 1. The predicted octanol–water partition coefficient (Wildman–Crippen LogP) is 1.91. The van der Waals surface area contributed by atoms with Gasteiger partial charge in [0, 0.05) is 6.20 Å². The van der Waals surface area contributed by atoms with Crippen LogP contribution in [0.25, 0.3) is 0 Å². The van der Waals surface area contributed by atoms with Gasteiger partial charge in [0.25, 0.3) is 5.91 Å². The molecule has 0 aliphatic heterocycles. The van der Waals surface area contributed by atoms with Gasteiger partial charge in [0.2, 0.25) is 0 Å². The first-order valence-electron chi connectivity index (χ1n) is 6.38. The first-order chi connectivity index (χ1) is 9.61. The number of pyridine rings is 1. The maximum atomic E-state index is 12.2. The van der Waals surface area contributed by atoms with E-state index in [9.17, 15) is 4.79 Å². The molecular formula is C15H18N4O. The van der Waals surface area contributed by atoms with Crippen LogP contribution in [0.4, 0.5) is 5.69 Å². The zero-order valence-corrected chi connectivity index (χ0v) is 11.6. The summed E-state index contributed by atoms with van der Waals surface area (Å²) in [7, 11) is 0. The monoisotopic (exact) mass is 270 g/mol. The van der Waals surface area contributed by atoms with Gasteiger partial charge in [-0.2, -0.15) is 0 Å². The fraction of sp³-hybridized carbons (Fsp3) is 0.200. The lowest BCUT2D eigenvalue weighted by Crippen LogP contribution is -2.25. The summed E-state index contributed by atoms with van der Waals surface area (Å²) in [6.45, 7) is 4.29. The number of amides is 1. The van der Waals surface area contributed by atoms with E-state index in [1.165, 1.54) is 0 Å². The number of hydrogen-bond donors (Lipinski definition) is 3. The molecule has 0 unspecified atom stereocenters. The van der Waals surface area contributed by atoms with Gasteiger partial charge in [-0.05, 0) is 37.6 Å². The number of nitrogens with two attached hydrogens (primary N) is 1. The zero-order chi connectivity index (χ0) is 14.5. The summed E-state index contributed by atoms with van der Waals surface area (Å²) in [5, 5.41) is 2.86. The van der Waals surface area contributed by atoms with Crippen molar-refractivity contribution < 1.29 is 4.79 Å². The highest BCUT2D eigenvalue weighted by atomic mass is 16.1. The largest absolute Gasteiger partial charge is 0.346 e. The number of hydrogen-bond acceptors (Lipinski definition) is 4. The minimum atomic E-state index is -0.174. The molecule has 1 amide bonds. The second-order valence-electron chi connectivity index (χ2n) is 4.64. The Labute approximate surface area is 118 Å². The van der Waals surface area contributed by atoms with Crippen molar-refractivity contribution >= 4 is 11.6 Å². The second-order valence-corrected chi connectivity index (χ2v) is 4.64. The molecule has 5 nitrogen and oxygen atoms in total. The van der Waals surface area contributed by atoms with Crippen LogP contribution in [-0.2, 0) is 6.54 Å². The van der Waals surface area contributed by atoms with E-state index >= 15 is 0 Å². The lowest BCUT2D eigenvalue weighted by Gasteiger charge is -2.11. The molecule has 0 aliphatic rings. The highest BCUT2D eigenvalue weighted by molar-refractivity contribution is 5.99. The summed E-state index contributed by atoms with van der Waals surface area (Å²) in [5.41, 5.74) is 6.58. The number of aromatic nitrogens is 1. The summed E-state index contributed by atoms with van der Waals surface area (Å²) in [5.74, 6) is 5.25. The van der Waals surface area contributed by atoms with Gasteiger partial charge in [-0.1, -0.05) is 17.7 Å². The Morgan fingerprint density at radius 2 is 2.10 bits per heavy atom. The number of nitrogen functional groups attached to an aromatic ring is 1. The number of carbonyl (C=O) groups excluding carboxylic acids is 1. The van der Waals surface area contributed by atoms with E-state index in [2.05, 4.69) is 15.7 Å². The van der Waals surface area contributed by atoms with E-state index in [0.717, 1.165) is 16.8 Å². The SMILES string of the molecule is Cc1ccc(NN)c(C(=O)NCc2ncccc2C)c1. The molecule has 0 spiro atoms. The zero-order valence-electron chi connectivity index (χ0n) is 11.6. The fourth-order valence-corrected chi connectivity index (χ4v) is 1.93. The minimum Gasteiger partial charge on any atom is -0.346 e. The van der Waals surface area contributed by atoms with Gasteiger partial charge < -0.3 is 10.7 Å². The van der Waals surface area contributed by atoms with Crippen LogP contribution in [0, 0.1) is 13.8 Å². The summed E-state index contributed by atoms with van der Waals surface area (Å²) >= 11 is 0. The molecule has 0 saturated carbocycles. The predicted molar refractivity (Wildman–Crippen MR) is 79.1 cm³/mol. The number of anilines is 1. The maximum absolute atomic E-state index is 12.2. The third kappa shape index (κ3) is 3.13. The number of hydrazine groups is 1. The lowest BCUT2D eigenvalue weighted by molar-refractivity contribution is 0.0951. The Bertz CT molecular complexity index is 625. The quantitative estimate of drug-likeness (QED) is 0.585. The molecule has 0 bridgehead atoms. The molecule has 0 radical (unpaired) electrons. The van der Waals surface area contributed by atoms with Crippen LogP contribution in [0.3, 0.4) is 0 Å². The normalized spacial score (nSPS) is 10.2. The number of nitrogens with zero attached hydrogens (tertiary/aromatic N) is 1. The molecule has 4 N–H and O–H groups in total. The van der Waals surface area contributed by atoms with Crippen molar-refractivity contribution in [2.75, 3.05) is 5.43 Å². The topological polar surface area (TPSA) is 80.0 Å². The van der Waals surface area contributed by atoms with Crippen molar-refractivity contribution in [1.29, 1.82) is 0 Å². The standard InChI is InChI=1S/C15H18N4O/c1-10-5-6-13(19-16)12(8-10)15(20)18-9-14-11(2)4-3-7-17-14/h3-8,19H,9,16H2,1-2H3,(H,18,20). The number of aryl methyl sites for hydroxylation is 2. The molecule has 0 atom stereocenters. The van der Waals surface area contributed by atoms with Gasteiger partial charge in [-0.25, -0.2) is 0 Å². The Morgan fingerprint density at radius 1 is 1.30 bits per heavy atom. The lowest BCUT2D eigenvalue weighted by atomic mass is 10.1. The van der Waals surface area contributed by atoms with E-state index in [-0.39, 0.29) is 5.91 Å². The third-order valence-electron chi connectivity index (χ3n) is 3.11. The summed E-state index contributed by atoms with van der Waals surface area (Å²) in [6.07, 6.45) is 1.72. The Hall–Kier alpha value is -2.40. The van der Waals surface area contributed by atoms with E-state index in [1.54, 1.807) is 18.3 Å². The van der Waals surface area contributed by atoms with Gasteiger partial charge in [-0.3, -0.25) is 15.6 Å². The molecular weight excluding hydrogens is 252 g/mol. The molecule has 1 heterocycles. The highest BCUT2D eigenvalue weighted by Crippen LogP contribution is 2.16. The number of rotatable bonds is 4. The molecule has 0 fully saturated rings. The van der Waals surface area contributed by atoms with Crippen LogP contribution in [0.5, 0.6) is 0 Å². The van der Waals surface area contributed by atoms with Crippen LogP contribution < -0.4 is 16.6 Å². The van der Waals surface area contributed by atoms with E-state index in [0.29, 0.717) is 17.8 Å². The first kappa shape index (κ1) is 14.0. The first-order valence-corrected chi connectivity index (χ1v) is 6.38. The average Bonchev–Trinajstić information content (AvgIpc) is 2.46. The van der Waals surface area contributed by atoms with E-state index < -0.39 is 0 Å². The fourth-order valence-electron chi connectivity index (χ4n) is 1.93. The van der Waals surface area contributed by atoms with Crippen molar-refractivity contribution in [3.05, 3.63) is 58.9 Å². The van der Waals surface area contributed by atoms with Crippen molar-refractivity contribution in [2.45, 2.75) is 20.4 Å². The van der Waals surface area contributed by atoms with Gasteiger partial charge in [0.05, 0.1) is 23.5 Å². The number of nitrogens with one attached hydrogen (secondary N) is 2. The molecule has 1 aromatic heterocycles. The average molecular weight is 270 g/mol. The molecule has 20 heavy (non-hydrogen) atoms. The van der Waals surface area contributed by atoms with Crippen molar-refractivity contribution in [2.24, 2.45) is 5.84 Å². The molecule has 1 aromatic carbocycles. The van der Waals surface area contributed by atoms with Crippen LogP contribution in [0.1, 0.15) is 27.2 Å². The van der Waals surface area contributed by atoms with Crippen molar-refractivity contribution in [1.82, 2.24) is 10.3 Å². The highest BCUT2D eigenvalue weighted by Gasteiger charge is 2.11. The van der Waals surface area contributed by atoms with Crippen LogP contribution >= 0.6 is 0 Å². The third-order valence-corrected chi connectivity index (χ3v) is 3.11. The van der Waals surface area contributed by atoms with Gasteiger partial charge in [0.15, 0.2) is 0 Å². The number of benzene rings is 1. The van der Waals surface area contributed by atoms with Gasteiger partial charge in [0.1, 0.15) is 0 Å². The van der Waals surface area contributed by atoms with E-state index in [4.69, 9.17) is 5.84 Å². The minimum absolute atomic E-state index is 0.174. The summed E-state index contributed by atoms with van der Waals surface area (Å²) in [6, 6.07) is 9.33. The molecule has 0 aliphatic carbocycles. The van der Waals surface area contributed by atoms with Crippen molar-refractivity contribution in [3.8, 4) is 0 Å². The molecule has 0 saturated heterocycles. The van der Waals surface area contributed by atoms with Crippen LogP contribution in [0.2, 0.25) is 0 Å². The van der Waals surface area contributed by atoms with Crippen molar-refractivity contribution in [3.63, 3.8) is 0 Å². The van der Waals surface area contributed by atoms with Crippen LogP contribution in [-0.4, -0.2) is 10.9 Å². The summed E-state index contributed by atoms with van der Waals surface area (Å²) in [4.78, 5) is 16.5. The maximum Gasteiger partial charge on any atom is 0.253 e. The second kappa shape index (κ2) is 6.16.